The van der Waals surface area contributed by atoms with Crippen LogP contribution in [0.5, 0.6) is 0 Å². The van der Waals surface area contributed by atoms with Crippen LogP contribution in [0.25, 0.3) is 0 Å². The van der Waals surface area contributed by atoms with Gasteiger partial charge in [0, 0.05) is 17.0 Å². The van der Waals surface area contributed by atoms with E-state index >= 15 is 0 Å². The Morgan fingerprint density at radius 2 is 2.00 bits per heavy atom. The van der Waals surface area contributed by atoms with Crippen LogP contribution < -0.4 is 5.32 Å². The molecule has 0 radical (unpaired) electrons. The number of rotatable bonds is 1. The Morgan fingerprint density at radius 3 is 2.50 bits per heavy atom. The molecule has 1 N–H and O–H groups in total. The summed E-state index contributed by atoms with van der Waals surface area (Å²) in [4.78, 5) is 22.0. The lowest BCUT2D eigenvalue weighted by Gasteiger charge is -2.03. The third-order valence-electron chi connectivity index (χ3n) is 1.71. The highest BCUT2D eigenvalue weighted by Gasteiger charge is 2.07. The van der Waals surface area contributed by atoms with Crippen LogP contribution in [0.2, 0.25) is 0 Å². The Balaban J connectivity index is 2.91. The molecule has 74 valence electrons. The van der Waals surface area contributed by atoms with Crippen LogP contribution in [0.1, 0.15) is 22.8 Å². The van der Waals surface area contributed by atoms with Crippen molar-refractivity contribution in [1.82, 2.24) is 5.32 Å². The third kappa shape index (κ3) is 2.67. The van der Waals surface area contributed by atoms with Crippen molar-refractivity contribution in [1.29, 1.82) is 0 Å². The van der Waals surface area contributed by atoms with Crippen LogP contribution in [0.4, 0.5) is 0 Å². The van der Waals surface area contributed by atoms with Crippen LogP contribution in [0, 0.1) is 6.92 Å². The summed E-state index contributed by atoms with van der Waals surface area (Å²) >= 11 is 3.33. The lowest BCUT2D eigenvalue weighted by atomic mass is 10.1. The summed E-state index contributed by atoms with van der Waals surface area (Å²) in [6, 6.07) is 5.17. The highest BCUT2D eigenvalue weighted by molar-refractivity contribution is 9.10. The summed E-state index contributed by atoms with van der Waals surface area (Å²) in [7, 11) is 0. The van der Waals surface area contributed by atoms with Gasteiger partial charge in [0.2, 0.25) is 5.91 Å². The van der Waals surface area contributed by atoms with Crippen molar-refractivity contribution in [3.8, 4) is 0 Å². The normalized spacial score (nSPS) is 9.64. The summed E-state index contributed by atoms with van der Waals surface area (Å²) < 4.78 is 0.942. The second-order valence-corrected chi connectivity index (χ2v) is 3.83. The first-order valence-corrected chi connectivity index (χ1v) is 4.88. The number of hydrogen-bond acceptors (Lipinski definition) is 2. The fourth-order valence-electron chi connectivity index (χ4n) is 1.02. The Hall–Kier alpha value is -1.16. The number of carbonyl (C=O) groups excluding carboxylic acids is 2. The van der Waals surface area contributed by atoms with E-state index in [1.165, 1.54) is 6.92 Å². The fraction of sp³-hybridized carbons (Fsp3) is 0.200. The van der Waals surface area contributed by atoms with Crippen LogP contribution in [0.15, 0.2) is 22.7 Å². The van der Waals surface area contributed by atoms with E-state index in [4.69, 9.17) is 0 Å². The number of imide groups is 1. The van der Waals surface area contributed by atoms with Gasteiger partial charge in [-0.1, -0.05) is 15.9 Å². The van der Waals surface area contributed by atoms with Gasteiger partial charge in [-0.05, 0) is 30.7 Å². The number of nitrogens with one attached hydrogen (secondary N) is 1. The molecule has 0 aliphatic rings. The maximum absolute atomic E-state index is 11.4. The number of carbonyl (C=O) groups is 2. The van der Waals surface area contributed by atoms with E-state index in [2.05, 4.69) is 21.2 Å². The van der Waals surface area contributed by atoms with Crippen LogP contribution in [-0.4, -0.2) is 11.8 Å². The SMILES string of the molecule is CC(=O)NC(=O)c1ccc(Br)c(C)c1. The van der Waals surface area contributed by atoms with Crippen LogP contribution >= 0.6 is 15.9 Å². The molecule has 0 saturated carbocycles. The van der Waals surface area contributed by atoms with Crippen LogP contribution in [0.3, 0.4) is 0 Å². The van der Waals surface area contributed by atoms with Gasteiger partial charge in [0.1, 0.15) is 0 Å². The zero-order chi connectivity index (χ0) is 10.7. The molecule has 0 saturated heterocycles. The summed E-state index contributed by atoms with van der Waals surface area (Å²) in [6.07, 6.45) is 0. The fourth-order valence-corrected chi connectivity index (χ4v) is 1.26. The molecule has 0 fully saturated rings. The topological polar surface area (TPSA) is 46.2 Å². The maximum atomic E-state index is 11.4. The summed E-state index contributed by atoms with van der Waals surface area (Å²) in [6.45, 7) is 3.19. The molecule has 1 aromatic carbocycles. The van der Waals surface area contributed by atoms with Gasteiger partial charge < -0.3 is 0 Å². The van der Waals surface area contributed by atoms with Crippen molar-refractivity contribution in [3.05, 3.63) is 33.8 Å². The van der Waals surface area contributed by atoms with Crippen molar-refractivity contribution in [3.63, 3.8) is 0 Å². The molecule has 0 spiro atoms. The first-order chi connectivity index (χ1) is 6.50. The predicted molar refractivity (Wildman–Crippen MR) is 57.0 cm³/mol. The minimum Gasteiger partial charge on any atom is -0.293 e. The van der Waals surface area contributed by atoms with Gasteiger partial charge in [0.05, 0.1) is 0 Å². The highest BCUT2D eigenvalue weighted by Crippen LogP contribution is 2.16. The molecule has 0 bridgehead atoms. The van der Waals surface area contributed by atoms with Crippen molar-refractivity contribution in [2.75, 3.05) is 0 Å². The first-order valence-electron chi connectivity index (χ1n) is 4.09. The average molecular weight is 256 g/mol. The number of aryl methyl sites for hydroxylation is 1. The van der Waals surface area contributed by atoms with Gasteiger partial charge in [-0.2, -0.15) is 0 Å². The Kier molecular flexibility index (Phi) is 3.41. The molecular weight excluding hydrogens is 246 g/mol. The van der Waals surface area contributed by atoms with Crippen molar-refractivity contribution in [2.45, 2.75) is 13.8 Å². The van der Waals surface area contributed by atoms with E-state index in [1.807, 2.05) is 6.92 Å². The standard InChI is InChI=1S/C10H10BrNO2/c1-6-5-8(3-4-9(6)11)10(14)12-7(2)13/h3-5H,1-2H3,(H,12,13,14). The molecule has 0 atom stereocenters. The van der Waals surface area contributed by atoms with E-state index in [-0.39, 0.29) is 11.8 Å². The minimum absolute atomic E-state index is 0.351. The van der Waals surface area contributed by atoms with Gasteiger partial charge in [0.25, 0.3) is 5.91 Å². The molecular formula is C10H10BrNO2. The van der Waals surface area contributed by atoms with Gasteiger partial charge >= 0.3 is 0 Å². The molecule has 4 heteroatoms. The molecule has 0 aliphatic heterocycles. The molecule has 0 aliphatic carbocycles. The van der Waals surface area contributed by atoms with Gasteiger partial charge in [0.15, 0.2) is 0 Å². The van der Waals surface area contributed by atoms with E-state index in [1.54, 1.807) is 18.2 Å². The molecule has 0 aromatic heterocycles. The summed E-state index contributed by atoms with van der Waals surface area (Å²) in [5.41, 5.74) is 1.45. The quantitative estimate of drug-likeness (QED) is 0.835. The molecule has 2 amide bonds. The molecule has 1 rings (SSSR count). The summed E-state index contributed by atoms with van der Waals surface area (Å²) in [5, 5.41) is 2.21. The largest absolute Gasteiger partial charge is 0.293 e. The smallest absolute Gasteiger partial charge is 0.257 e. The molecule has 1 aromatic rings. The number of hydrogen-bond donors (Lipinski definition) is 1. The number of benzene rings is 1. The summed E-state index contributed by atoms with van der Waals surface area (Å²) in [5.74, 6) is -0.719. The second kappa shape index (κ2) is 4.37. The molecule has 14 heavy (non-hydrogen) atoms. The van der Waals surface area contributed by atoms with E-state index < -0.39 is 0 Å². The zero-order valence-electron chi connectivity index (χ0n) is 7.93. The first kappa shape index (κ1) is 10.9. The Labute approximate surface area is 90.6 Å². The van der Waals surface area contributed by atoms with E-state index in [9.17, 15) is 9.59 Å². The molecule has 0 unspecified atom stereocenters. The minimum atomic E-state index is -0.367. The third-order valence-corrected chi connectivity index (χ3v) is 2.60. The predicted octanol–water partition coefficient (Wildman–Crippen LogP) is 2.03. The van der Waals surface area contributed by atoms with Crippen LogP contribution in [-0.2, 0) is 4.79 Å². The van der Waals surface area contributed by atoms with Crippen molar-refractivity contribution in [2.24, 2.45) is 0 Å². The zero-order valence-corrected chi connectivity index (χ0v) is 9.51. The second-order valence-electron chi connectivity index (χ2n) is 2.97. The number of halogens is 1. The molecule has 3 nitrogen and oxygen atoms in total. The van der Waals surface area contributed by atoms with Crippen molar-refractivity contribution >= 4 is 27.7 Å². The lowest BCUT2D eigenvalue weighted by molar-refractivity contribution is -0.118. The van der Waals surface area contributed by atoms with Gasteiger partial charge in [-0.15, -0.1) is 0 Å². The average Bonchev–Trinajstić information content (AvgIpc) is 2.08. The Bertz CT molecular complexity index is 388. The Morgan fingerprint density at radius 1 is 1.36 bits per heavy atom. The van der Waals surface area contributed by atoms with E-state index in [0.717, 1.165) is 10.0 Å². The van der Waals surface area contributed by atoms with Crippen molar-refractivity contribution < 1.29 is 9.59 Å². The van der Waals surface area contributed by atoms with Gasteiger partial charge in [-0.3, -0.25) is 14.9 Å². The van der Waals surface area contributed by atoms with E-state index in [0.29, 0.717) is 5.56 Å². The maximum Gasteiger partial charge on any atom is 0.257 e. The highest BCUT2D eigenvalue weighted by atomic mass is 79.9. The van der Waals surface area contributed by atoms with Gasteiger partial charge in [-0.25, -0.2) is 0 Å². The monoisotopic (exact) mass is 255 g/mol. The lowest BCUT2D eigenvalue weighted by Crippen LogP contribution is -2.27. The molecule has 0 heterocycles. The number of amides is 2.